The first-order valence-electron chi connectivity index (χ1n) is 7.98. The van der Waals surface area contributed by atoms with Gasteiger partial charge in [0.2, 0.25) is 0 Å². The van der Waals surface area contributed by atoms with Crippen molar-refractivity contribution < 1.29 is 9.47 Å². The molecule has 1 unspecified atom stereocenters. The van der Waals surface area contributed by atoms with E-state index < -0.39 is 0 Å². The van der Waals surface area contributed by atoms with Gasteiger partial charge in [-0.1, -0.05) is 17.7 Å². The number of nitrogens with two attached hydrogens (primary N) is 1. The largest absolute Gasteiger partial charge is 0.497 e. The van der Waals surface area contributed by atoms with Gasteiger partial charge in [-0.3, -0.25) is 0 Å². The van der Waals surface area contributed by atoms with Gasteiger partial charge in [0.25, 0.3) is 0 Å². The lowest BCUT2D eigenvalue weighted by atomic mass is 9.87. The van der Waals surface area contributed by atoms with Gasteiger partial charge >= 0.3 is 0 Å². The number of rotatable bonds is 6. The second kappa shape index (κ2) is 7.51. The molecule has 0 radical (unpaired) electrons. The molecule has 1 atom stereocenters. The molecule has 0 spiro atoms. The molecule has 124 valence electrons. The van der Waals surface area contributed by atoms with Crippen molar-refractivity contribution >= 4 is 0 Å². The zero-order chi connectivity index (χ0) is 17.0. The maximum atomic E-state index is 6.10. The van der Waals surface area contributed by atoms with Crippen molar-refractivity contribution in [2.24, 2.45) is 5.73 Å². The number of aryl methyl sites for hydroxylation is 3. The number of benzene rings is 2. The van der Waals surface area contributed by atoms with E-state index in [0.717, 1.165) is 23.5 Å². The minimum absolute atomic E-state index is 0.195. The highest BCUT2D eigenvalue weighted by atomic mass is 16.5. The minimum atomic E-state index is 0.195. The first-order chi connectivity index (χ1) is 11.0. The highest BCUT2D eigenvalue weighted by Gasteiger charge is 2.18. The Hall–Kier alpha value is -2.00. The SMILES string of the molecule is COc1ccc(OC)c(C(CN)Cc2c(C)cc(C)cc2C)c1. The maximum absolute atomic E-state index is 6.10. The fraction of sp³-hybridized carbons (Fsp3) is 0.400. The van der Waals surface area contributed by atoms with Crippen LogP contribution in [-0.4, -0.2) is 20.8 Å². The van der Waals surface area contributed by atoms with Gasteiger partial charge in [0.05, 0.1) is 14.2 Å². The van der Waals surface area contributed by atoms with E-state index in [1.165, 1.54) is 22.3 Å². The molecule has 0 aromatic heterocycles. The van der Waals surface area contributed by atoms with E-state index in [-0.39, 0.29) is 5.92 Å². The van der Waals surface area contributed by atoms with Crippen molar-refractivity contribution in [1.82, 2.24) is 0 Å². The Labute approximate surface area is 139 Å². The molecule has 0 heterocycles. The van der Waals surface area contributed by atoms with Crippen LogP contribution < -0.4 is 15.2 Å². The Kier molecular flexibility index (Phi) is 5.67. The van der Waals surface area contributed by atoms with Crippen LogP contribution in [0.2, 0.25) is 0 Å². The smallest absolute Gasteiger partial charge is 0.122 e. The fourth-order valence-electron chi connectivity index (χ4n) is 3.26. The first kappa shape index (κ1) is 17.4. The Bertz CT molecular complexity index is 656. The molecule has 0 aliphatic carbocycles. The summed E-state index contributed by atoms with van der Waals surface area (Å²) in [5.74, 6) is 1.89. The molecule has 0 amide bonds. The maximum Gasteiger partial charge on any atom is 0.122 e. The molecule has 3 nitrogen and oxygen atoms in total. The molecule has 2 N–H and O–H groups in total. The van der Waals surface area contributed by atoms with E-state index in [2.05, 4.69) is 32.9 Å². The van der Waals surface area contributed by atoms with Crippen LogP contribution in [0.15, 0.2) is 30.3 Å². The van der Waals surface area contributed by atoms with Crippen LogP contribution >= 0.6 is 0 Å². The number of hydrogen-bond acceptors (Lipinski definition) is 3. The summed E-state index contributed by atoms with van der Waals surface area (Å²) in [4.78, 5) is 0. The van der Waals surface area contributed by atoms with Crippen molar-refractivity contribution in [2.75, 3.05) is 20.8 Å². The Morgan fingerprint density at radius 3 is 2.13 bits per heavy atom. The quantitative estimate of drug-likeness (QED) is 0.879. The van der Waals surface area contributed by atoms with Crippen LogP contribution in [0.1, 0.15) is 33.7 Å². The minimum Gasteiger partial charge on any atom is -0.497 e. The Morgan fingerprint density at radius 1 is 0.957 bits per heavy atom. The van der Waals surface area contributed by atoms with Gasteiger partial charge < -0.3 is 15.2 Å². The van der Waals surface area contributed by atoms with Crippen LogP contribution in [0.3, 0.4) is 0 Å². The summed E-state index contributed by atoms with van der Waals surface area (Å²) in [5, 5.41) is 0. The molecule has 2 aromatic rings. The molecular weight excluding hydrogens is 286 g/mol. The molecule has 0 fully saturated rings. The molecule has 0 saturated carbocycles. The average Bonchev–Trinajstić information content (AvgIpc) is 2.53. The zero-order valence-corrected chi connectivity index (χ0v) is 14.8. The van der Waals surface area contributed by atoms with Gasteiger partial charge in [-0.05, 0) is 68.6 Å². The second-order valence-electron chi connectivity index (χ2n) is 6.12. The summed E-state index contributed by atoms with van der Waals surface area (Å²) in [7, 11) is 3.37. The lowest BCUT2D eigenvalue weighted by molar-refractivity contribution is 0.395. The van der Waals surface area contributed by atoms with Crippen LogP contribution in [0.5, 0.6) is 11.5 Å². The summed E-state index contributed by atoms with van der Waals surface area (Å²) in [6, 6.07) is 10.4. The molecule has 0 saturated heterocycles. The van der Waals surface area contributed by atoms with Crippen LogP contribution in [0, 0.1) is 20.8 Å². The second-order valence-corrected chi connectivity index (χ2v) is 6.12. The van der Waals surface area contributed by atoms with Gasteiger partial charge in [-0.2, -0.15) is 0 Å². The summed E-state index contributed by atoms with van der Waals surface area (Å²) >= 11 is 0. The molecule has 2 rings (SSSR count). The number of ether oxygens (including phenoxy) is 2. The van der Waals surface area contributed by atoms with Crippen molar-refractivity contribution in [3.63, 3.8) is 0 Å². The topological polar surface area (TPSA) is 44.5 Å². The molecule has 0 aliphatic rings. The van der Waals surface area contributed by atoms with Gasteiger partial charge in [0.1, 0.15) is 11.5 Å². The van der Waals surface area contributed by atoms with Crippen molar-refractivity contribution in [3.8, 4) is 11.5 Å². The van der Waals surface area contributed by atoms with Crippen molar-refractivity contribution in [2.45, 2.75) is 33.1 Å². The highest BCUT2D eigenvalue weighted by Crippen LogP contribution is 2.33. The van der Waals surface area contributed by atoms with E-state index in [0.29, 0.717) is 6.54 Å². The molecular formula is C20H27NO2. The van der Waals surface area contributed by atoms with E-state index in [1.807, 2.05) is 18.2 Å². The van der Waals surface area contributed by atoms with Crippen molar-refractivity contribution in [3.05, 3.63) is 58.1 Å². The normalized spacial score (nSPS) is 12.1. The predicted molar refractivity (Wildman–Crippen MR) is 95.7 cm³/mol. The third-order valence-corrected chi connectivity index (χ3v) is 4.45. The lowest BCUT2D eigenvalue weighted by Crippen LogP contribution is -2.17. The third-order valence-electron chi connectivity index (χ3n) is 4.45. The first-order valence-corrected chi connectivity index (χ1v) is 7.98. The third kappa shape index (κ3) is 3.85. The lowest BCUT2D eigenvalue weighted by Gasteiger charge is -2.21. The standard InChI is InChI=1S/C20H27NO2/c1-13-8-14(2)18(15(3)9-13)10-16(12-21)19-11-17(22-4)6-7-20(19)23-5/h6-9,11,16H,10,12,21H2,1-5H3. The molecule has 23 heavy (non-hydrogen) atoms. The van der Waals surface area contributed by atoms with E-state index in [9.17, 15) is 0 Å². The molecule has 0 aliphatic heterocycles. The zero-order valence-electron chi connectivity index (χ0n) is 14.8. The van der Waals surface area contributed by atoms with Gasteiger partial charge in [-0.25, -0.2) is 0 Å². The fourth-order valence-corrected chi connectivity index (χ4v) is 3.26. The van der Waals surface area contributed by atoms with Crippen LogP contribution in [-0.2, 0) is 6.42 Å². The van der Waals surface area contributed by atoms with Crippen molar-refractivity contribution in [1.29, 1.82) is 0 Å². The average molecular weight is 313 g/mol. The predicted octanol–water partition coefficient (Wildman–Crippen LogP) is 3.91. The van der Waals surface area contributed by atoms with Gasteiger partial charge in [-0.15, -0.1) is 0 Å². The molecule has 3 heteroatoms. The van der Waals surface area contributed by atoms with Crippen LogP contribution in [0.4, 0.5) is 0 Å². The summed E-state index contributed by atoms with van der Waals surface area (Å²) in [6.07, 6.45) is 0.901. The van der Waals surface area contributed by atoms with E-state index in [4.69, 9.17) is 15.2 Å². The monoisotopic (exact) mass is 313 g/mol. The Morgan fingerprint density at radius 2 is 1.61 bits per heavy atom. The Balaban J connectivity index is 2.41. The number of methoxy groups -OCH3 is 2. The van der Waals surface area contributed by atoms with Crippen LogP contribution in [0.25, 0.3) is 0 Å². The van der Waals surface area contributed by atoms with Gasteiger partial charge in [0, 0.05) is 11.5 Å². The number of hydrogen-bond donors (Lipinski definition) is 1. The highest BCUT2D eigenvalue weighted by molar-refractivity contribution is 5.45. The molecule has 2 aromatic carbocycles. The van der Waals surface area contributed by atoms with E-state index >= 15 is 0 Å². The van der Waals surface area contributed by atoms with Gasteiger partial charge in [0.15, 0.2) is 0 Å². The summed E-state index contributed by atoms with van der Waals surface area (Å²) in [6.45, 7) is 7.04. The summed E-state index contributed by atoms with van der Waals surface area (Å²) < 4.78 is 10.9. The summed E-state index contributed by atoms with van der Waals surface area (Å²) in [5.41, 5.74) is 12.5. The molecule has 0 bridgehead atoms. The van der Waals surface area contributed by atoms with E-state index in [1.54, 1.807) is 14.2 Å².